The minimum atomic E-state index is -0.396. The van der Waals surface area contributed by atoms with Crippen LogP contribution in [0, 0.1) is 0 Å². The maximum absolute atomic E-state index is 12.3. The van der Waals surface area contributed by atoms with Crippen molar-refractivity contribution in [1.29, 1.82) is 0 Å². The number of fused-ring (bicyclic) bond motifs is 1. The summed E-state index contributed by atoms with van der Waals surface area (Å²) in [6.45, 7) is 1.01. The maximum Gasteiger partial charge on any atom is 0.251 e. The lowest BCUT2D eigenvalue weighted by Crippen LogP contribution is -2.45. The summed E-state index contributed by atoms with van der Waals surface area (Å²) in [5.74, 6) is -0.0654. The zero-order valence-electron chi connectivity index (χ0n) is 11.7. The lowest BCUT2D eigenvalue weighted by Gasteiger charge is -2.28. The fourth-order valence-corrected chi connectivity index (χ4v) is 3.15. The summed E-state index contributed by atoms with van der Waals surface area (Å²) in [5.41, 5.74) is 3.06. The molecule has 0 unspecified atom stereocenters. The highest BCUT2D eigenvalue weighted by atomic mass is 16.3. The van der Waals surface area contributed by atoms with Gasteiger partial charge in [0.05, 0.1) is 12.1 Å². The number of hydrogen-bond donors (Lipinski definition) is 3. The van der Waals surface area contributed by atoms with E-state index in [1.54, 1.807) is 0 Å². The van der Waals surface area contributed by atoms with E-state index in [-0.39, 0.29) is 11.9 Å². The second-order valence-electron chi connectivity index (χ2n) is 5.83. The van der Waals surface area contributed by atoms with Crippen LogP contribution in [0.4, 0.5) is 5.69 Å². The molecule has 2 atom stereocenters. The van der Waals surface area contributed by atoms with Gasteiger partial charge in [0, 0.05) is 17.8 Å². The first-order valence-corrected chi connectivity index (χ1v) is 7.60. The van der Waals surface area contributed by atoms with Crippen LogP contribution in [0.5, 0.6) is 0 Å². The van der Waals surface area contributed by atoms with Gasteiger partial charge in [0.25, 0.3) is 5.91 Å². The van der Waals surface area contributed by atoms with Gasteiger partial charge in [-0.15, -0.1) is 0 Å². The van der Waals surface area contributed by atoms with E-state index in [1.165, 1.54) is 5.56 Å². The summed E-state index contributed by atoms with van der Waals surface area (Å²) >= 11 is 0. The van der Waals surface area contributed by atoms with Gasteiger partial charge in [-0.25, -0.2) is 0 Å². The standard InChI is InChI=1S/C16H22N2O2/c19-15-6-2-1-5-14(15)18-16(20)12-7-8-13-11(10-12)4-3-9-17-13/h7-8,10,14-15,17,19H,1-6,9H2,(H,18,20)/t14-,15-/m1/s1. The van der Waals surface area contributed by atoms with Crippen molar-refractivity contribution in [2.24, 2.45) is 0 Å². The molecule has 4 nitrogen and oxygen atoms in total. The van der Waals surface area contributed by atoms with Gasteiger partial charge in [-0.1, -0.05) is 12.8 Å². The molecule has 1 amide bonds. The van der Waals surface area contributed by atoms with E-state index in [0.29, 0.717) is 5.56 Å². The van der Waals surface area contributed by atoms with Gasteiger partial charge in [0.1, 0.15) is 0 Å². The first-order valence-electron chi connectivity index (χ1n) is 7.60. The normalized spacial score (nSPS) is 25.4. The third kappa shape index (κ3) is 2.80. The fraction of sp³-hybridized carbons (Fsp3) is 0.562. The maximum atomic E-state index is 12.3. The topological polar surface area (TPSA) is 61.4 Å². The highest BCUT2D eigenvalue weighted by Gasteiger charge is 2.25. The van der Waals surface area contributed by atoms with Crippen LogP contribution in [0.2, 0.25) is 0 Å². The number of nitrogens with one attached hydrogen (secondary N) is 2. The lowest BCUT2D eigenvalue weighted by molar-refractivity contribution is 0.0717. The van der Waals surface area contributed by atoms with Crippen molar-refractivity contribution in [2.45, 2.75) is 50.7 Å². The summed E-state index contributed by atoms with van der Waals surface area (Å²) in [7, 11) is 0. The van der Waals surface area contributed by atoms with Crippen LogP contribution >= 0.6 is 0 Å². The van der Waals surface area contributed by atoms with E-state index >= 15 is 0 Å². The second-order valence-corrected chi connectivity index (χ2v) is 5.83. The van der Waals surface area contributed by atoms with Crippen molar-refractivity contribution in [2.75, 3.05) is 11.9 Å². The van der Waals surface area contributed by atoms with E-state index in [2.05, 4.69) is 10.6 Å². The fourth-order valence-electron chi connectivity index (χ4n) is 3.15. The predicted octanol–water partition coefficient (Wildman–Crippen LogP) is 2.08. The second kappa shape index (κ2) is 5.83. The molecule has 0 aromatic heterocycles. The number of carbonyl (C=O) groups is 1. The Bertz CT molecular complexity index is 501. The van der Waals surface area contributed by atoms with Crippen LogP contribution in [0.15, 0.2) is 18.2 Å². The molecule has 0 radical (unpaired) electrons. The van der Waals surface area contributed by atoms with Crippen LogP contribution < -0.4 is 10.6 Å². The van der Waals surface area contributed by atoms with Crippen molar-refractivity contribution in [3.05, 3.63) is 29.3 Å². The number of aliphatic hydroxyl groups excluding tert-OH is 1. The molecular weight excluding hydrogens is 252 g/mol. The Labute approximate surface area is 119 Å². The molecule has 0 saturated heterocycles. The first kappa shape index (κ1) is 13.4. The largest absolute Gasteiger partial charge is 0.391 e. The number of hydrogen-bond acceptors (Lipinski definition) is 3. The zero-order valence-corrected chi connectivity index (χ0v) is 11.7. The van der Waals surface area contributed by atoms with E-state index in [0.717, 1.165) is 50.8 Å². The summed E-state index contributed by atoms with van der Waals surface area (Å²) < 4.78 is 0. The summed E-state index contributed by atoms with van der Waals surface area (Å²) in [5, 5.41) is 16.3. The van der Waals surface area contributed by atoms with Gasteiger partial charge < -0.3 is 15.7 Å². The van der Waals surface area contributed by atoms with Crippen LogP contribution in [0.3, 0.4) is 0 Å². The number of aliphatic hydroxyl groups is 1. The van der Waals surface area contributed by atoms with Gasteiger partial charge in [0.15, 0.2) is 0 Å². The van der Waals surface area contributed by atoms with Gasteiger partial charge in [-0.3, -0.25) is 4.79 Å². The molecule has 1 aliphatic carbocycles. The van der Waals surface area contributed by atoms with Crippen molar-refractivity contribution in [1.82, 2.24) is 5.32 Å². The highest BCUT2D eigenvalue weighted by molar-refractivity contribution is 5.95. The molecule has 3 N–H and O–H groups in total. The Morgan fingerprint density at radius 2 is 2.10 bits per heavy atom. The highest BCUT2D eigenvalue weighted by Crippen LogP contribution is 2.23. The minimum absolute atomic E-state index is 0.0654. The van der Waals surface area contributed by atoms with E-state index < -0.39 is 6.10 Å². The molecular formula is C16H22N2O2. The van der Waals surface area contributed by atoms with Gasteiger partial charge in [0.2, 0.25) is 0 Å². The molecule has 1 saturated carbocycles. The average Bonchev–Trinajstić information content (AvgIpc) is 2.49. The smallest absolute Gasteiger partial charge is 0.251 e. The van der Waals surface area contributed by atoms with Gasteiger partial charge >= 0.3 is 0 Å². The van der Waals surface area contributed by atoms with Gasteiger partial charge in [-0.2, -0.15) is 0 Å². The number of rotatable bonds is 2. The Kier molecular flexibility index (Phi) is 3.92. The van der Waals surface area contributed by atoms with Crippen molar-refractivity contribution in [3.63, 3.8) is 0 Å². The number of anilines is 1. The van der Waals surface area contributed by atoms with Crippen molar-refractivity contribution in [3.8, 4) is 0 Å². The molecule has 0 bridgehead atoms. The average molecular weight is 274 g/mol. The van der Waals surface area contributed by atoms with Crippen LogP contribution in [-0.4, -0.2) is 29.7 Å². The molecule has 1 aliphatic heterocycles. The SMILES string of the molecule is O=C(N[C@@H]1CCCC[C@H]1O)c1ccc2c(c1)CCCN2. The Balaban J connectivity index is 1.70. The van der Waals surface area contributed by atoms with Crippen molar-refractivity contribution < 1.29 is 9.90 Å². The molecule has 1 fully saturated rings. The Hall–Kier alpha value is -1.55. The van der Waals surface area contributed by atoms with E-state index in [1.807, 2.05) is 18.2 Å². The minimum Gasteiger partial charge on any atom is -0.391 e. The number of carbonyl (C=O) groups excluding carboxylic acids is 1. The molecule has 20 heavy (non-hydrogen) atoms. The molecule has 1 heterocycles. The van der Waals surface area contributed by atoms with Gasteiger partial charge in [-0.05, 0) is 49.4 Å². The Morgan fingerprint density at radius 3 is 2.95 bits per heavy atom. The first-order chi connectivity index (χ1) is 9.74. The van der Waals surface area contributed by atoms with Crippen LogP contribution in [0.25, 0.3) is 0 Å². The number of amides is 1. The van der Waals surface area contributed by atoms with Crippen LogP contribution in [-0.2, 0) is 6.42 Å². The van der Waals surface area contributed by atoms with Crippen LogP contribution in [0.1, 0.15) is 48.0 Å². The molecule has 1 aromatic rings. The molecule has 0 spiro atoms. The monoisotopic (exact) mass is 274 g/mol. The van der Waals surface area contributed by atoms with Crippen molar-refractivity contribution >= 4 is 11.6 Å². The number of benzene rings is 1. The molecule has 1 aromatic carbocycles. The van der Waals surface area contributed by atoms with E-state index in [9.17, 15) is 9.90 Å². The number of aryl methyl sites for hydroxylation is 1. The summed E-state index contributed by atoms with van der Waals surface area (Å²) in [6.07, 6.45) is 5.54. The third-order valence-corrected chi connectivity index (χ3v) is 4.35. The summed E-state index contributed by atoms with van der Waals surface area (Å²) in [4.78, 5) is 12.3. The Morgan fingerprint density at radius 1 is 1.25 bits per heavy atom. The molecule has 3 rings (SSSR count). The van der Waals surface area contributed by atoms with E-state index in [4.69, 9.17) is 0 Å². The zero-order chi connectivity index (χ0) is 13.9. The lowest BCUT2D eigenvalue weighted by atomic mass is 9.92. The summed E-state index contributed by atoms with van der Waals surface area (Å²) in [6, 6.07) is 5.74. The molecule has 2 aliphatic rings. The molecule has 108 valence electrons. The third-order valence-electron chi connectivity index (χ3n) is 4.35. The predicted molar refractivity (Wildman–Crippen MR) is 79.0 cm³/mol. The quantitative estimate of drug-likeness (QED) is 0.774. The molecule has 4 heteroatoms.